The van der Waals surface area contributed by atoms with Crippen molar-refractivity contribution in [3.8, 4) is 0 Å². The molecule has 0 saturated carbocycles. The predicted octanol–water partition coefficient (Wildman–Crippen LogP) is 3.79. The molecular weight excluding hydrogens is 339 g/mol. The Morgan fingerprint density at radius 1 is 1.20 bits per heavy atom. The first-order chi connectivity index (χ1) is 12.1. The second-order valence-electron chi connectivity index (χ2n) is 5.88. The van der Waals surface area contributed by atoms with E-state index in [-0.39, 0.29) is 17.6 Å². The number of thioether (sulfide) groups is 1. The molecular formula is C19H19FN2O2S. The Morgan fingerprint density at radius 2 is 1.96 bits per heavy atom. The molecule has 2 aromatic carbocycles. The van der Waals surface area contributed by atoms with Crippen LogP contribution in [0, 0.1) is 5.82 Å². The summed E-state index contributed by atoms with van der Waals surface area (Å²) in [5.41, 5.74) is 1.11. The van der Waals surface area contributed by atoms with Crippen molar-refractivity contribution in [2.24, 2.45) is 0 Å². The zero-order chi connectivity index (χ0) is 17.8. The lowest BCUT2D eigenvalue weighted by molar-refractivity contribution is -0.119. The Kier molecular flexibility index (Phi) is 5.38. The number of anilines is 1. The van der Waals surface area contributed by atoms with E-state index >= 15 is 0 Å². The molecule has 1 fully saturated rings. The topological polar surface area (TPSA) is 49.4 Å². The largest absolute Gasteiger partial charge is 0.327 e. The quantitative estimate of drug-likeness (QED) is 0.846. The van der Waals surface area contributed by atoms with Crippen molar-refractivity contribution in [2.75, 3.05) is 18.1 Å². The first-order valence-electron chi connectivity index (χ1n) is 8.10. The number of rotatable bonds is 4. The number of halogens is 1. The van der Waals surface area contributed by atoms with E-state index in [1.807, 2.05) is 30.5 Å². The van der Waals surface area contributed by atoms with Crippen LogP contribution in [0.5, 0.6) is 0 Å². The highest BCUT2D eigenvalue weighted by molar-refractivity contribution is 7.98. The first kappa shape index (κ1) is 17.5. The number of hydrogen-bond acceptors (Lipinski definition) is 3. The summed E-state index contributed by atoms with van der Waals surface area (Å²) in [5.74, 6) is -0.817. The third-order valence-corrected chi connectivity index (χ3v) is 4.97. The van der Waals surface area contributed by atoms with Gasteiger partial charge in [0.1, 0.15) is 11.9 Å². The molecule has 0 bridgehead atoms. The zero-order valence-corrected chi connectivity index (χ0v) is 14.7. The van der Waals surface area contributed by atoms with Gasteiger partial charge in [-0.1, -0.05) is 6.07 Å². The van der Waals surface area contributed by atoms with E-state index in [9.17, 15) is 14.0 Å². The van der Waals surface area contributed by atoms with Gasteiger partial charge in [-0.3, -0.25) is 9.59 Å². The number of amides is 2. The van der Waals surface area contributed by atoms with Crippen LogP contribution in [-0.4, -0.2) is 35.6 Å². The zero-order valence-electron chi connectivity index (χ0n) is 13.9. The number of hydrogen-bond donors (Lipinski definition) is 1. The van der Waals surface area contributed by atoms with Gasteiger partial charge in [-0.15, -0.1) is 11.8 Å². The molecule has 25 heavy (non-hydrogen) atoms. The molecule has 0 unspecified atom stereocenters. The Hall–Kier alpha value is -2.34. The van der Waals surface area contributed by atoms with Crippen molar-refractivity contribution < 1.29 is 14.0 Å². The molecule has 1 aliphatic heterocycles. The lowest BCUT2D eigenvalue weighted by atomic mass is 10.1. The molecule has 0 radical (unpaired) electrons. The highest BCUT2D eigenvalue weighted by Gasteiger charge is 2.34. The summed E-state index contributed by atoms with van der Waals surface area (Å²) in [7, 11) is 0. The SMILES string of the molecule is CSc1cccc(NC(=O)[C@@H]2CCCN2C(=O)c2ccc(F)cc2)c1. The Morgan fingerprint density at radius 3 is 2.68 bits per heavy atom. The maximum atomic E-state index is 13.0. The summed E-state index contributed by atoms with van der Waals surface area (Å²) in [6.45, 7) is 0.527. The van der Waals surface area contributed by atoms with Crippen molar-refractivity contribution in [2.45, 2.75) is 23.8 Å². The fourth-order valence-corrected chi connectivity index (χ4v) is 3.43. The summed E-state index contributed by atoms with van der Waals surface area (Å²) in [6.07, 6.45) is 3.37. The van der Waals surface area contributed by atoms with Crippen LogP contribution in [0.4, 0.5) is 10.1 Å². The molecule has 4 nitrogen and oxygen atoms in total. The minimum Gasteiger partial charge on any atom is -0.327 e. The van der Waals surface area contributed by atoms with E-state index in [0.717, 1.165) is 17.0 Å². The fourth-order valence-electron chi connectivity index (χ4n) is 2.97. The van der Waals surface area contributed by atoms with Crippen LogP contribution in [0.15, 0.2) is 53.4 Å². The third-order valence-electron chi connectivity index (χ3n) is 4.24. The van der Waals surface area contributed by atoms with Crippen LogP contribution in [0.2, 0.25) is 0 Å². The van der Waals surface area contributed by atoms with Gasteiger partial charge in [0.2, 0.25) is 5.91 Å². The van der Waals surface area contributed by atoms with E-state index < -0.39 is 6.04 Å². The summed E-state index contributed by atoms with van der Waals surface area (Å²) in [4.78, 5) is 27.9. The van der Waals surface area contributed by atoms with Gasteiger partial charge < -0.3 is 10.2 Å². The Labute approximate surface area is 150 Å². The molecule has 1 heterocycles. The molecule has 1 saturated heterocycles. The average Bonchev–Trinajstić information content (AvgIpc) is 3.12. The van der Waals surface area contributed by atoms with Crippen molar-refractivity contribution in [1.29, 1.82) is 0 Å². The van der Waals surface area contributed by atoms with E-state index in [2.05, 4.69) is 5.32 Å². The first-order valence-corrected chi connectivity index (χ1v) is 9.32. The second kappa shape index (κ2) is 7.70. The van der Waals surface area contributed by atoms with Crippen molar-refractivity contribution in [3.63, 3.8) is 0 Å². The van der Waals surface area contributed by atoms with Crippen LogP contribution in [0.25, 0.3) is 0 Å². The van der Waals surface area contributed by atoms with Crippen molar-refractivity contribution in [3.05, 3.63) is 59.9 Å². The van der Waals surface area contributed by atoms with Crippen LogP contribution in [-0.2, 0) is 4.79 Å². The van der Waals surface area contributed by atoms with Gasteiger partial charge in [-0.2, -0.15) is 0 Å². The van der Waals surface area contributed by atoms with E-state index in [0.29, 0.717) is 18.5 Å². The third kappa shape index (κ3) is 4.02. The molecule has 3 rings (SSSR count). The normalized spacial score (nSPS) is 16.7. The van der Waals surface area contributed by atoms with Crippen LogP contribution in [0.3, 0.4) is 0 Å². The molecule has 2 aromatic rings. The molecule has 1 aliphatic rings. The summed E-state index contributed by atoms with van der Waals surface area (Å²) >= 11 is 1.60. The summed E-state index contributed by atoms with van der Waals surface area (Å²) in [5, 5.41) is 2.90. The van der Waals surface area contributed by atoms with Gasteiger partial charge >= 0.3 is 0 Å². The van der Waals surface area contributed by atoms with E-state index in [1.165, 1.54) is 24.3 Å². The number of likely N-dealkylation sites (tertiary alicyclic amines) is 1. The number of nitrogens with one attached hydrogen (secondary N) is 1. The molecule has 0 aromatic heterocycles. The maximum absolute atomic E-state index is 13.0. The Bertz CT molecular complexity index is 779. The predicted molar refractivity (Wildman–Crippen MR) is 97.3 cm³/mol. The molecule has 6 heteroatoms. The monoisotopic (exact) mass is 358 g/mol. The van der Waals surface area contributed by atoms with Gasteiger partial charge in [0.05, 0.1) is 0 Å². The Balaban J connectivity index is 1.73. The van der Waals surface area contributed by atoms with Gasteiger partial charge in [0, 0.05) is 22.7 Å². The van der Waals surface area contributed by atoms with Gasteiger partial charge in [-0.25, -0.2) is 4.39 Å². The van der Waals surface area contributed by atoms with Gasteiger partial charge in [-0.05, 0) is 61.6 Å². The van der Waals surface area contributed by atoms with Gasteiger partial charge in [0.25, 0.3) is 5.91 Å². The van der Waals surface area contributed by atoms with Crippen LogP contribution >= 0.6 is 11.8 Å². The molecule has 1 atom stereocenters. The lowest BCUT2D eigenvalue weighted by Gasteiger charge is -2.24. The van der Waals surface area contributed by atoms with Crippen LogP contribution < -0.4 is 5.32 Å². The average molecular weight is 358 g/mol. The minimum absolute atomic E-state index is 0.189. The van der Waals surface area contributed by atoms with Crippen molar-refractivity contribution in [1.82, 2.24) is 4.90 Å². The number of nitrogens with zero attached hydrogens (tertiary/aromatic N) is 1. The summed E-state index contributed by atoms with van der Waals surface area (Å²) in [6, 6.07) is 12.5. The van der Waals surface area contributed by atoms with Crippen LogP contribution in [0.1, 0.15) is 23.2 Å². The number of carbonyl (C=O) groups excluding carboxylic acids is 2. The smallest absolute Gasteiger partial charge is 0.254 e. The highest BCUT2D eigenvalue weighted by Crippen LogP contribution is 2.23. The molecule has 1 N–H and O–H groups in total. The van der Waals surface area contributed by atoms with Crippen molar-refractivity contribution >= 4 is 29.3 Å². The molecule has 2 amide bonds. The lowest BCUT2D eigenvalue weighted by Crippen LogP contribution is -2.43. The minimum atomic E-state index is -0.504. The fraction of sp³-hybridized carbons (Fsp3) is 0.263. The standard InChI is InChI=1S/C19H19FN2O2S/c1-25-16-5-2-4-15(12-16)21-18(23)17-6-3-11-22(17)19(24)13-7-9-14(20)10-8-13/h2,4-5,7-10,12,17H,3,6,11H2,1H3,(H,21,23)/t17-/m0/s1. The molecule has 0 spiro atoms. The van der Waals surface area contributed by atoms with E-state index in [1.54, 1.807) is 16.7 Å². The maximum Gasteiger partial charge on any atom is 0.254 e. The second-order valence-corrected chi connectivity index (χ2v) is 6.76. The molecule has 130 valence electrons. The summed E-state index contributed by atoms with van der Waals surface area (Å²) < 4.78 is 13.0. The van der Waals surface area contributed by atoms with Gasteiger partial charge in [0.15, 0.2) is 0 Å². The molecule has 0 aliphatic carbocycles. The number of benzene rings is 2. The van der Waals surface area contributed by atoms with E-state index in [4.69, 9.17) is 0 Å². The highest BCUT2D eigenvalue weighted by atomic mass is 32.2. The number of carbonyl (C=O) groups is 2.